The van der Waals surface area contributed by atoms with Crippen molar-refractivity contribution in [3.05, 3.63) is 11.4 Å². The normalized spacial score (nSPS) is 11.7. The Kier molecular flexibility index (Phi) is 5.29. The largest absolute Gasteiger partial charge is 0.229 e. The van der Waals surface area contributed by atoms with Gasteiger partial charge in [0.25, 0.3) is 0 Å². The zero-order valence-electron chi connectivity index (χ0n) is 9.88. The minimum Gasteiger partial charge on any atom is -0.229 e. The van der Waals surface area contributed by atoms with E-state index in [0.29, 0.717) is 10.9 Å². The van der Waals surface area contributed by atoms with Crippen LogP contribution in [0.4, 0.5) is 0 Å². The molecule has 0 aromatic carbocycles. The van der Waals surface area contributed by atoms with Crippen molar-refractivity contribution in [2.24, 2.45) is 5.14 Å². The number of aryl methyl sites for hydroxylation is 2. The van der Waals surface area contributed by atoms with Crippen molar-refractivity contribution in [3.8, 4) is 0 Å². The molecule has 96 valence electrons. The molecule has 0 aliphatic rings. The smallest absolute Gasteiger partial charge is 0.209 e. The highest BCUT2D eigenvalue weighted by Crippen LogP contribution is 2.14. The van der Waals surface area contributed by atoms with Crippen LogP contribution < -0.4 is 5.14 Å². The van der Waals surface area contributed by atoms with E-state index in [1.54, 1.807) is 0 Å². The van der Waals surface area contributed by atoms with Crippen molar-refractivity contribution in [3.63, 3.8) is 0 Å². The fraction of sp³-hybridized carbons (Fsp3) is 0.667. The number of nitrogens with zero attached hydrogens (tertiary/aromatic N) is 3. The maximum atomic E-state index is 10.8. The SMILES string of the molecule is CCc1nnc(SCCS(N)(=O)=O)nc1CC. The second kappa shape index (κ2) is 6.27. The summed E-state index contributed by atoms with van der Waals surface area (Å²) in [4.78, 5) is 4.34. The van der Waals surface area contributed by atoms with Gasteiger partial charge in [-0.3, -0.25) is 0 Å². The molecule has 1 aromatic rings. The highest BCUT2D eigenvalue weighted by Gasteiger charge is 2.08. The number of rotatable bonds is 6. The number of primary sulfonamides is 1. The Morgan fingerprint density at radius 2 is 1.82 bits per heavy atom. The van der Waals surface area contributed by atoms with Crippen LogP contribution in [0.25, 0.3) is 0 Å². The predicted molar refractivity (Wildman–Crippen MR) is 67.3 cm³/mol. The van der Waals surface area contributed by atoms with Crippen LogP contribution >= 0.6 is 11.8 Å². The van der Waals surface area contributed by atoms with Gasteiger partial charge in [-0.25, -0.2) is 18.5 Å². The van der Waals surface area contributed by atoms with Crippen LogP contribution in [0.15, 0.2) is 5.16 Å². The van der Waals surface area contributed by atoms with Crippen molar-refractivity contribution in [2.45, 2.75) is 31.8 Å². The van der Waals surface area contributed by atoms with Crippen LogP contribution in [0, 0.1) is 0 Å². The quantitative estimate of drug-likeness (QED) is 0.754. The first-order valence-electron chi connectivity index (χ1n) is 5.32. The molecular formula is C9H16N4O2S2. The summed E-state index contributed by atoms with van der Waals surface area (Å²) in [6.45, 7) is 4.00. The average molecular weight is 276 g/mol. The molecule has 0 radical (unpaired) electrons. The van der Waals surface area contributed by atoms with E-state index in [-0.39, 0.29) is 5.75 Å². The second-order valence-electron chi connectivity index (χ2n) is 3.41. The van der Waals surface area contributed by atoms with E-state index in [4.69, 9.17) is 5.14 Å². The van der Waals surface area contributed by atoms with E-state index in [2.05, 4.69) is 15.2 Å². The van der Waals surface area contributed by atoms with E-state index in [9.17, 15) is 8.42 Å². The molecule has 0 saturated carbocycles. The van der Waals surface area contributed by atoms with E-state index >= 15 is 0 Å². The molecule has 0 unspecified atom stereocenters. The van der Waals surface area contributed by atoms with Gasteiger partial charge in [0.15, 0.2) is 0 Å². The van der Waals surface area contributed by atoms with Gasteiger partial charge >= 0.3 is 0 Å². The Bertz CT molecular complexity index is 476. The van der Waals surface area contributed by atoms with Gasteiger partial charge in [-0.2, -0.15) is 5.10 Å². The number of hydrogen-bond acceptors (Lipinski definition) is 6. The molecule has 8 heteroatoms. The molecule has 1 heterocycles. The van der Waals surface area contributed by atoms with E-state index in [1.807, 2.05) is 13.8 Å². The van der Waals surface area contributed by atoms with Crippen molar-refractivity contribution in [1.29, 1.82) is 0 Å². The Morgan fingerprint density at radius 1 is 1.18 bits per heavy atom. The standard InChI is InChI=1S/C9H16N4O2S2/c1-3-7-8(4-2)12-13-9(11-7)16-5-6-17(10,14)15/h3-6H2,1-2H3,(H2,10,14,15). The molecule has 0 spiro atoms. The lowest BCUT2D eigenvalue weighted by Gasteiger charge is -2.04. The van der Waals surface area contributed by atoms with Gasteiger partial charge in [0.1, 0.15) is 0 Å². The summed E-state index contributed by atoms with van der Waals surface area (Å²) in [5, 5.41) is 13.4. The lowest BCUT2D eigenvalue weighted by molar-refractivity contribution is 0.599. The van der Waals surface area contributed by atoms with E-state index in [0.717, 1.165) is 24.2 Å². The first kappa shape index (κ1) is 14.3. The monoisotopic (exact) mass is 276 g/mol. The first-order chi connectivity index (χ1) is 7.96. The molecule has 1 rings (SSSR count). The molecule has 17 heavy (non-hydrogen) atoms. The Morgan fingerprint density at radius 3 is 2.35 bits per heavy atom. The summed E-state index contributed by atoms with van der Waals surface area (Å²) in [6, 6.07) is 0. The minimum absolute atomic E-state index is 0.0853. The van der Waals surface area contributed by atoms with Crippen LogP contribution in [0.2, 0.25) is 0 Å². The van der Waals surface area contributed by atoms with Gasteiger partial charge in [-0.1, -0.05) is 25.6 Å². The Balaban J connectivity index is 2.66. The number of aromatic nitrogens is 3. The molecule has 0 fully saturated rings. The van der Waals surface area contributed by atoms with Crippen molar-refractivity contribution >= 4 is 21.8 Å². The summed E-state index contributed by atoms with van der Waals surface area (Å²) in [5.74, 6) is 0.257. The summed E-state index contributed by atoms with van der Waals surface area (Å²) in [7, 11) is -3.42. The molecule has 0 bridgehead atoms. The van der Waals surface area contributed by atoms with Crippen LogP contribution in [-0.4, -0.2) is 35.1 Å². The maximum Gasteiger partial charge on any atom is 0.209 e. The zero-order valence-corrected chi connectivity index (χ0v) is 11.5. The highest BCUT2D eigenvalue weighted by molar-refractivity contribution is 8.00. The Hall–Kier alpha value is -0.730. The summed E-state index contributed by atoms with van der Waals surface area (Å²) >= 11 is 1.25. The molecule has 0 amide bonds. The van der Waals surface area contributed by atoms with Crippen LogP contribution in [0.5, 0.6) is 0 Å². The summed E-state index contributed by atoms with van der Waals surface area (Å²) in [5.41, 5.74) is 1.81. The Labute approximate surface area is 105 Å². The molecular weight excluding hydrogens is 260 g/mol. The molecule has 0 aliphatic carbocycles. The van der Waals surface area contributed by atoms with Gasteiger partial charge in [0.2, 0.25) is 15.2 Å². The fourth-order valence-corrected chi connectivity index (χ4v) is 2.95. The summed E-state index contributed by atoms with van der Waals surface area (Å²) in [6.07, 6.45) is 1.59. The lowest BCUT2D eigenvalue weighted by Crippen LogP contribution is -2.18. The summed E-state index contributed by atoms with van der Waals surface area (Å²) < 4.78 is 21.5. The predicted octanol–water partition coefficient (Wildman–Crippen LogP) is 0.377. The lowest BCUT2D eigenvalue weighted by atomic mass is 10.2. The number of hydrogen-bond donors (Lipinski definition) is 1. The minimum atomic E-state index is -3.42. The topological polar surface area (TPSA) is 98.8 Å². The molecule has 0 saturated heterocycles. The third-order valence-electron chi connectivity index (χ3n) is 2.09. The second-order valence-corrected chi connectivity index (χ2v) is 6.21. The molecule has 1 aromatic heterocycles. The first-order valence-corrected chi connectivity index (χ1v) is 8.02. The average Bonchev–Trinajstić information content (AvgIpc) is 2.27. The van der Waals surface area contributed by atoms with Gasteiger partial charge in [0.05, 0.1) is 17.1 Å². The van der Waals surface area contributed by atoms with Gasteiger partial charge in [-0.15, -0.1) is 5.10 Å². The van der Waals surface area contributed by atoms with E-state index < -0.39 is 10.0 Å². The highest BCUT2D eigenvalue weighted by atomic mass is 32.2. The number of sulfonamides is 1. The maximum absolute atomic E-state index is 10.8. The van der Waals surface area contributed by atoms with Crippen LogP contribution in [0.1, 0.15) is 25.2 Å². The van der Waals surface area contributed by atoms with E-state index in [1.165, 1.54) is 11.8 Å². The third kappa shape index (κ3) is 4.97. The molecule has 0 aliphatic heterocycles. The van der Waals surface area contributed by atoms with Gasteiger partial charge in [-0.05, 0) is 12.8 Å². The third-order valence-corrected chi connectivity index (χ3v) is 3.96. The number of nitrogens with two attached hydrogens (primary N) is 1. The molecule has 6 nitrogen and oxygen atoms in total. The fourth-order valence-electron chi connectivity index (χ4n) is 1.23. The van der Waals surface area contributed by atoms with Crippen molar-refractivity contribution in [1.82, 2.24) is 15.2 Å². The van der Waals surface area contributed by atoms with Gasteiger partial charge < -0.3 is 0 Å². The van der Waals surface area contributed by atoms with Crippen LogP contribution in [-0.2, 0) is 22.9 Å². The van der Waals surface area contributed by atoms with Crippen molar-refractivity contribution in [2.75, 3.05) is 11.5 Å². The molecule has 2 N–H and O–H groups in total. The van der Waals surface area contributed by atoms with Crippen LogP contribution in [0.3, 0.4) is 0 Å². The number of thioether (sulfide) groups is 1. The molecule has 0 atom stereocenters. The van der Waals surface area contributed by atoms with Gasteiger partial charge in [0, 0.05) is 5.75 Å². The zero-order chi connectivity index (χ0) is 12.9. The van der Waals surface area contributed by atoms with Crippen molar-refractivity contribution < 1.29 is 8.42 Å².